The van der Waals surface area contributed by atoms with Crippen LogP contribution in [0.4, 0.5) is 5.95 Å². The molecular weight excluding hydrogens is 238 g/mol. The molecule has 0 fully saturated rings. The first-order valence-electron chi connectivity index (χ1n) is 6.93. The minimum absolute atomic E-state index is 0.816. The van der Waals surface area contributed by atoms with E-state index in [0.29, 0.717) is 0 Å². The van der Waals surface area contributed by atoms with E-state index < -0.39 is 0 Å². The van der Waals surface area contributed by atoms with Gasteiger partial charge in [0, 0.05) is 37.6 Å². The lowest BCUT2D eigenvalue weighted by Gasteiger charge is -2.19. The highest BCUT2D eigenvalue weighted by atomic mass is 15.2. The highest BCUT2D eigenvalue weighted by Gasteiger charge is 2.07. The number of hydrogen-bond acceptors (Lipinski definition) is 5. The summed E-state index contributed by atoms with van der Waals surface area (Å²) >= 11 is 0. The molecule has 5 heteroatoms. The number of aryl methyl sites for hydroxylation is 1. The van der Waals surface area contributed by atoms with Gasteiger partial charge in [0.1, 0.15) is 0 Å². The van der Waals surface area contributed by atoms with Crippen LogP contribution in [0.5, 0.6) is 0 Å². The normalized spacial score (nSPS) is 11.1. The van der Waals surface area contributed by atoms with Gasteiger partial charge in [-0.15, -0.1) is 0 Å². The first-order chi connectivity index (χ1) is 9.04. The molecule has 0 saturated carbocycles. The summed E-state index contributed by atoms with van der Waals surface area (Å²) < 4.78 is 0. The molecule has 0 atom stereocenters. The van der Waals surface area contributed by atoms with Crippen molar-refractivity contribution in [3.8, 4) is 0 Å². The van der Waals surface area contributed by atoms with Crippen LogP contribution in [0.15, 0.2) is 6.20 Å². The van der Waals surface area contributed by atoms with Crippen molar-refractivity contribution in [1.29, 1.82) is 0 Å². The summed E-state index contributed by atoms with van der Waals surface area (Å²) in [4.78, 5) is 13.3. The SMILES string of the molecule is CCNCc1cnc(N(C)CCCN(C)C)nc1C. The Bertz CT molecular complexity index is 378. The summed E-state index contributed by atoms with van der Waals surface area (Å²) in [5.74, 6) is 0.816. The van der Waals surface area contributed by atoms with E-state index in [1.54, 1.807) is 0 Å². The molecule has 19 heavy (non-hydrogen) atoms. The fraction of sp³-hybridized carbons (Fsp3) is 0.714. The third-order valence-corrected chi connectivity index (χ3v) is 3.07. The minimum Gasteiger partial charge on any atom is -0.344 e. The smallest absolute Gasteiger partial charge is 0.225 e. The van der Waals surface area contributed by atoms with Crippen molar-refractivity contribution in [3.05, 3.63) is 17.5 Å². The zero-order valence-electron chi connectivity index (χ0n) is 12.9. The Labute approximate surface area is 117 Å². The zero-order valence-corrected chi connectivity index (χ0v) is 12.9. The van der Waals surface area contributed by atoms with Gasteiger partial charge in [-0.25, -0.2) is 9.97 Å². The maximum atomic E-state index is 4.58. The predicted octanol–water partition coefficient (Wildman–Crippen LogP) is 1.28. The number of aromatic nitrogens is 2. The van der Waals surface area contributed by atoms with Gasteiger partial charge >= 0.3 is 0 Å². The van der Waals surface area contributed by atoms with E-state index in [2.05, 4.69) is 46.1 Å². The van der Waals surface area contributed by atoms with Gasteiger partial charge in [-0.3, -0.25) is 0 Å². The molecule has 0 aromatic carbocycles. The molecule has 1 N–H and O–H groups in total. The van der Waals surface area contributed by atoms with Gasteiger partial charge in [0.2, 0.25) is 5.95 Å². The van der Waals surface area contributed by atoms with E-state index in [-0.39, 0.29) is 0 Å². The molecule has 0 radical (unpaired) electrons. The van der Waals surface area contributed by atoms with Gasteiger partial charge < -0.3 is 15.1 Å². The van der Waals surface area contributed by atoms with Crippen molar-refractivity contribution >= 4 is 5.95 Å². The minimum atomic E-state index is 0.816. The van der Waals surface area contributed by atoms with Gasteiger partial charge in [0.05, 0.1) is 0 Å². The van der Waals surface area contributed by atoms with Crippen LogP contribution in [0.1, 0.15) is 24.6 Å². The van der Waals surface area contributed by atoms with E-state index in [1.165, 1.54) is 5.56 Å². The molecule has 1 aromatic heterocycles. The lowest BCUT2D eigenvalue weighted by atomic mass is 10.2. The summed E-state index contributed by atoms with van der Waals surface area (Å²) in [6.45, 7) is 8.01. The first-order valence-corrected chi connectivity index (χ1v) is 6.93. The third-order valence-electron chi connectivity index (χ3n) is 3.07. The Balaban J connectivity index is 2.56. The molecule has 108 valence electrons. The van der Waals surface area contributed by atoms with Crippen molar-refractivity contribution in [2.75, 3.05) is 45.7 Å². The fourth-order valence-corrected chi connectivity index (χ4v) is 1.82. The van der Waals surface area contributed by atoms with Gasteiger partial charge in [0.15, 0.2) is 0 Å². The Morgan fingerprint density at radius 2 is 1.95 bits per heavy atom. The number of hydrogen-bond donors (Lipinski definition) is 1. The molecule has 0 aliphatic carbocycles. The number of rotatable bonds is 8. The zero-order chi connectivity index (χ0) is 14.3. The fourth-order valence-electron chi connectivity index (χ4n) is 1.82. The first kappa shape index (κ1) is 15.9. The van der Waals surface area contributed by atoms with Gasteiger partial charge in [-0.2, -0.15) is 0 Å². The summed E-state index contributed by atoms with van der Waals surface area (Å²) in [5, 5.41) is 3.30. The van der Waals surface area contributed by atoms with Crippen molar-refractivity contribution in [3.63, 3.8) is 0 Å². The van der Waals surface area contributed by atoms with Crippen LogP contribution in [0, 0.1) is 6.92 Å². The number of nitrogens with zero attached hydrogens (tertiary/aromatic N) is 4. The lowest BCUT2D eigenvalue weighted by molar-refractivity contribution is 0.401. The van der Waals surface area contributed by atoms with Gasteiger partial charge in [-0.05, 0) is 40.5 Å². The van der Waals surface area contributed by atoms with Crippen LogP contribution in [0.25, 0.3) is 0 Å². The van der Waals surface area contributed by atoms with E-state index in [0.717, 1.165) is 44.2 Å². The maximum absolute atomic E-state index is 4.58. The molecule has 1 heterocycles. The van der Waals surface area contributed by atoms with Crippen LogP contribution >= 0.6 is 0 Å². The number of anilines is 1. The van der Waals surface area contributed by atoms with Crippen molar-refractivity contribution in [1.82, 2.24) is 20.2 Å². The molecule has 0 bridgehead atoms. The molecule has 5 nitrogen and oxygen atoms in total. The molecule has 0 amide bonds. The van der Waals surface area contributed by atoms with E-state index >= 15 is 0 Å². The Kier molecular flexibility index (Phi) is 6.73. The maximum Gasteiger partial charge on any atom is 0.225 e. The summed E-state index contributed by atoms with van der Waals surface area (Å²) in [7, 11) is 6.24. The van der Waals surface area contributed by atoms with Gasteiger partial charge in [0.25, 0.3) is 0 Å². The van der Waals surface area contributed by atoms with Crippen LogP contribution in [0.2, 0.25) is 0 Å². The van der Waals surface area contributed by atoms with E-state index in [9.17, 15) is 0 Å². The second kappa shape index (κ2) is 8.07. The van der Waals surface area contributed by atoms with Crippen molar-refractivity contribution < 1.29 is 0 Å². The highest BCUT2D eigenvalue weighted by Crippen LogP contribution is 2.10. The average molecular weight is 265 g/mol. The third kappa shape index (κ3) is 5.53. The van der Waals surface area contributed by atoms with E-state index in [4.69, 9.17) is 0 Å². The van der Waals surface area contributed by atoms with Crippen LogP contribution < -0.4 is 10.2 Å². The summed E-state index contributed by atoms with van der Waals surface area (Å²) in [6, 6.07) is 0. The molecule has 0 saturated heterocycles. The predicted molar refractivity (Wildman–Crippen MR) is 80.6 cm³/mol. The van der Waals surface area contributed by atoms with Crippen molar-refractivity contribution in [2.45, 2.75) is 26.8 Å². The number of nitrogens with one attached hydrogen (secondary N) is 1. The topological polar surface area (TPSA) is 44.3 Å². The second-order valence-electron chi connectivity index (χ2n) is 5.14. The monoisotopic (exact) mass is 265 g/mol. The largest absolute Gasteiger partial charge is 0.344 e. The Hall–Kier alpha value is -1.20. The van der Waals surface area contributed by atoms with Gasteiger partial charge in [-0.1, -0.05) is 6.92 Å². The summed E-state index contributed by atoms with van der Waals surface area (Å²) in [5.41, 5.74) is 2.23. The molecule has 0 spiro atoms. The molecule has 0 unspecified atom stereocenters. The molecular formula is C14H27N5. The van der Waals surface area contributed by atoms with Crippen LogP contribution in [0.3, 0.4) is 0 Å². The quantitative estimate of drug-likeness (QED) is 0.767. The second-order valence-corrected chi connectivity index (χ2v) is 5.14. The average Bonchev–Trinajstić information content (AvgIpc) is 2.36. The highest BCUT2D eigenvalue weighted by molar-refractivity contribution is 5.31. The molecule has 0 aliphatic heterocycles. The van der Waals surface area contributed by atoms with Crippen LogP contribution in [-0.4, -0.2) is 55.6 Å². The molecule has 1 aromatic rings. The standard InChI is InChI=1S/C14H27N5/c1-6-15-10-13-11-16-14(17-12(13)2)19(5)9-7-8-18(3)4/h11,15H,6-10H2,1-5H3. The Morgan fingerprint density at radius 3 is 2.53 bits per heavy atom. The Morgan fingerprint density at radius 1 is 1.21 bits per heavy atom. The molecule has 1 rings (SSSR count). The molecule has 0 aliphatic rings. The van der Waals surface area contributed by atoms with Crippen molar-refractivity contribution in [2.24, 2.45) is 0 Å². The summed E-state index contributed by atoms with van der Waals surface area (Å²) in [6.07, 6.45) is 3.05. The van der Waals surface area contributed by atoms with E-state index in [1.807, 2.05) is 20.2 Å². The van der Waals surface area contributed by atoms with Crippen LogP contribution in [-0.2, 0) is 6.54 Å². The lowest BCUT2D eigenvalue weighted by Crippen LogP contribution is -2.25.